The lowest BCUT2D eigenvalue weighted by molar-refractivity contribution is -0.0294. The first-order valence-electron chi connectivity index (χ1n) is 10.3. The molecular weight excluding hydrogens is 396 g/mol. The van der Waals surface area contributed by atoms with Gasteiger partial charge in [0.05, 0.1) is 17.5 Å². The lowest BCUT2D eigenvalue weighted by atomic mass is 10.1. The van der Waals surface area contributed by atoms with Crippen LogP contribution in [0.3, 0.4) is 0 Å². The Morgan fingerprint density at radius 3 is 2.70 bits per heavy atom. The minimum absolute atomic E-state index is 0.0620. The second-order valence-corrected chi connectivity index (χ2v) is 8.16. The molecule has 1 unspecified atom stereocenters. The average Bonchev–Trinajstić information content (AvgIpc) is 3.20. The molecule has 6 nitrogen and oxygen atoms in total. The van der Waals surface area contributed by atoms with Gasteiger partial charge in [-0.2, -0.15) is 0 Å². The molecule has 0 spiro atoms. The molecule has 3 aromatic rings. The molecule has 2 aromatic carbocycles. The summed E-state index contributed by atoms with van der Waals surface area (Å²) in [5.74, 6) is 0.589. The van der Waals surface area contributed by atoms with Gasteiger partial charge in [0.2, 0.25) is 5.88 Å². The van der Waals surface area contributed by atoms with Crippen LogP contribution in [-0.4, -0.2) is 58.4 Å². The largest absolute Gasteiger partial charge is 0.474 e. The molecule has 154 valence electrons. The Bertz CT molecular complexity index is 1030. The fourth-order valence-electron chi connectivity index (χ4n) is 4.20. The van der Waals surface area contributed by atoms with E-state index in [1.807, 2.05) is 24.3 Å². The summed E-state index contributed by atoms with van der Waals surface area (Å²) >= 11 is 5.71. The van der Waals surface area contributed by atoms with Gasteiger partial charge in [-0.3, -0.25) is 0 Å². The Balaban J connectivity index is 1.16. The van der Waals surface area contributed by atoms with Crippen molar-refractivity contribution < 1.29 is 9.47 Å². The summed E-state index contributed by atoms with van der Waals surface area (Å²) in [5, 5.41) is 5.26. The van der Waals surface area contributed by atoms with Gasteiger partial charge in [0.25, 0.3) is 0 Å². The molecule has 1 aliphatic carbocycles. The Hall–Kier alpha value is -2.77. The van der Waals surface area contributed by atoms with Gasteiger partial charge in [0, 0.05) is 19.1 Å². The molecule has 30 heavy (non-hydrogen) atoms. The monoisotopic (exact) mass is 420 g/mol. The van der Waals surface area contributed by atoms with Crippen molar-refractivity contribution in [2.24, 2.45) is 0 Å². The Morgan fingerprint density at radius 2 is 1.87 bits per heavy atom. The summed E-state index contributed by atoms with van der Waals surface area (Å²) < 4.78 is 11.9. The van der Waals surface area contributed by atoms with E-state index in [1.165, 1.54) is 17.5 Å². The fourth-order valence-corrected chi connectivity index (χ4v) is 4.53. The second kappa shape index (κ2) is 8.53. The lowest BCUT2D eigenvalue weighted by Crippen LogP contribution is -2.53. The maximum Gasteiger partial charge on any atom is 0.224 e. The molecule has 0 radical (unpaired) electrons. The van der Waals surface area contributed by atoms with Crippen LogP contribution >= 0.6 is 12.2 Å². The summed E-state index contributed by atoms with van der Waals surface area (Å²) in [6.45, 7) is 2.55. The minimum atomic E-state index is -0.0620. The van der Waals surface area contributed by atoms with E-state index >= 15 is 0 Å². The predicted molar refractivity (Wildman–Crippen MR) is 120 cm³/mol. The first-order valence-corrected chi connectivity index (χ1v) is 10.7. The SMILES string of the molecule is S=C(NC1Cc2ccccc2C1)N1CCOC(COc2ncnc3ccccc23)C1. The molecule has 1 fully saturated rings. The smallest absolute Gasteiger partial charge is 0.224 e. The van der Waals surface area contributed by atoms with Gasteiger partial charge in [-0.15, -0.1) is 0 Å². The topological polar surface area (TPSA) is 59.5 Å². The third kappa shape index (κ3) is 4.08. The minimum Gasteiger partial charge on any atom is -0.474 e. The van der Waals surface area contributed by atoms with Gasteiger partial charge in [0.15, 0.2) is 5.11 Å². The standard InChI is InChI=1S/C23H24N4O2S/c30-23(26-18-11-16-5-1-2-6-17(16)12-18)27-9-10-28-19(13-27)14-29-22-20-7-3-4-8-21(20)24-15-25-22/h1-8,15,18-19H,9-14H2,(H,26,30). The molecule has 5 rings (SSSR count). The van der Waals surface area contributed by atoms with Crippen molar-refractivity contribution in [1.29, 1.82) is 0 Å². The molecule has 2 aliphatic rings. The van der Waals surface area contributed by atoms with Crippen LogP contribution < -0.4 is 10.1 Å². The number of nitrogens with zero attached hydrogens (tertiary/aromatic N) is 3. The number of morpholine rings is 1. The third-order valence-corrected chi connectivity index (χ3v) is 6.09. The first-order chi connectivity index (χ1) is 14.8. The Morgan fingerprint density at radius 1 is 1.10 bits per heavy atom. The van der Waals surface area contributed by atoms with E-state index in [4.69, 9.17) is 21.7 Å². The number of benzene rings is 2. The van der Waals surface area contributed by atoms with Crippen LogP contribution in [0.1, 0.15) is 11.1 Å². The van der Waals surface area contributed by atoms with Crippen molar-refractivity contribution >= 4 is 28.2 Å². The van der Waals surface area contributed by atoms with Crippen LogP contribution in [0, 0.1) is 0 Å². The van der Waals surface area contributed by atoms with Crippen LogP contribution in [-0.2, 0) is 17.6 Å². The highest BCUT2D eigenvalue weighted by Gasteiger charge is 2.27. The Labute approximate surface area is 181 Å². The highest BCUT2D eigenvalue weighted by molar-refractivity contribution is 7.80. The van der Waals surface area contributed by atoms with Gasteiger partial charge in [0.1, 0.15) is 19.0 Å². The van der Waals surface area contributed by atoms with Crippen LogP contribution in [0.15, 0.2) is 54.9 Å². The van der Waals surface area contributed by atoms with Gasteiger partial charge < -0.3 is 19.7 Å². The summed E-state index contributed by atoms with van der Waals surface area (Å²) in [6, 6.07) is 16.8. The van der Waals surface area contributed by atoms with Gasteiger partial charge in [-0.25, -0.2) is 9.97 Å². The molecule has 2 heterocycles. The zero-order valence-corrected chi connectivity index (χ0v) is 17.5. The van der Waals surface area contributed by atoms with Crippen molar-refractivity contribution in [1.82, 2.24) is 20.2 Å². The number of ether oxygens (including phenoxy) is 2. The summed E-state index contributed by atoms with van der Waals surface area (Å²) in [6.07, 6.45) is 3.51. The molecule has 1 saturated heterocycles. The van der Waals surface area contributed by atoms with E-state index in [1.54, 1.807) is 0 Å². The molecule has 1 aromatic heterocycles. The highest BCUT2D eigenvalue weighted by Crippen LogP contribution is 2.23. The first kappa shape index (κ1) is 19.2. The number of nitrogens with one attached hydrogen (secondary N) is 1. The fraction of sp³-hybridized carbons (Fsp3) is 0.348. The summed E-state index contributed by atoms with van der Waals surface area (Å²) in [5.41, 5.74) is 3.71. The van der Waals surface area contributed by atoms with Crippen molar-refractivity contribution in [3.63, 3.8) is 0 Å². The second-order valence-electron chi connectivity index (χ2n) is 7.77. The molecule has 0 amide bonds. The normalized spacial score (nSPS) is 18.9. The van der Waals surface area contributed by atoms with E-state index in [9.17, 15) is 0 Å². The van der Waals surface area contributed by atoms with Crippen LogP contribution in [0.2, 0.25) is 0 Å². The summed E-state index contributed by atoms with van der Waals surface area (Å²) in [4.78, 5) is 10.8. The number of para-hydroxylation sites is 1. The van der Waals surface area contributed by atoms with E-state index < -0.39 is 0 Å². The zero-order valence-electron chi connectivity index (χ0n) is 16.7. The number of thiocarbonyl (C=S) groups is 1. The molecule has 1 aliphatic heterocycles. The molecule has 0 saturated carbocycles. The number of rotatable bonds is 4. The highest BCUT2D eigenvalue weighted by atomic mass is 32.1. The zero-order chi connectivity index (χ0) is 20.3. The molecule has 7 heteroatoms. The van der Waals surface area contributed by atoms with Gasteiger partial charge in [-0.1, -0.05) is 36.4 Å². The van der Waals surface area contributed by atoms with Gasteiger partial charge >= 0.3 is 0 Å². The quantitative estimate of drug-likeness (QED) is 0.651. The maximum absolute atomic E-state index is 6.00. The summed E-state index contributed by atoms with van der Waals surface area (Å²) in [7, 11) is 0. The van der Waals surface area contributed by atoms with Crippen molar-refractivity contribution in [2.45, 2.75) is 25.0 Å². The number of aromatic nitrogens is 2. The van der Waals surface area contributed by atoms with Crippen molar-refractivity contribution in [2.75, 3.05) is 26.3 Å². The van der Waals surface area contributed by atoms with Crippen molar-refractivity contribution in [3.05, 3.63) is 66.0 Å². The van der Waals surface area contributed by atoms with Crippen LogP contribution in [0.25, 0.3) is 10.9 Å². The molecule has 0 bridgehead atoms. The number of hydrogen-bond acceptors (Lipinski definition) is 5. The van der Waals surface area contributed by atoms with Crippen LogP contribution in [0.4, 0.5) is 0 Å². The Kier molecular flexibility index (Phi) is 5.46. The van der Waals surface area contributed by atoms with E-state index in [2.05, 4.69) is 44.5 Å². The van der Waals surface area contributed by atoms with Crippen LogP contribution in [0.5, 0.6) is 5.88 Å². The van der Waals surface area contributed by atoms with E-state index in [0.29, 0.717) is 31.7 Å². The van der Waals surface area contributed by atoms with Crippen molar-refractivity contribution in [3.8, 4) is 5.88 Å². The number of fused-ring (bicyclic) bond motifs is 2. The van der Waals surface area contributed by atoms with E-state index in [-0.39, 0.29) is 6.10 Å². The predicted octanol–water partition coefficient (Wildman–Crippen LogP) is 2.75. The molecular formula is C23H24N4O2S. The molecule has 1 N–H and O–H groups in total. The molecule has 1 atom stereocenters. The third-order valence-electron chi connectivity index (χ3n) is 5.72. The van der Waals surface area contributed by atoms with Gasteiger partial charge in [-0.05, 0) is 48.3 Å². The van der Waals surface area contributed by atoms with E-state index in [0.717, 1.165) is 35.4 Å². The average molecular weight is 421 g/mol. The number of hydrogen-bond donors (Lipinski definition) is 1. The maximum atomic E-state index is 6.00. The lowest BCUT2D eigenvalue weighted by Gasteiger charge is -2.35.